The number of carbonyl (C=O) groups excluding carboxylic acids is 1. The lowest BCUT2D eigenvalue weighted by Crippen LogP contribution is -2.03. The maximum absolute atomic E-state index is 11.6. The van der Waals surface area contributed by atoms with Gasteiger partial charge in [-0.25, -0.2) is 9.97 Å². The van der Waals surface area contributed by atoms with Crippen LogP contribution in [0.2, 0.25) is 0 Å². The first kappa shape index (κ1) is 24.1. The number of methoxy groups -OCH3 is 2. The fourth-order valence-corrected chi connectivity index (χ4v) is 4.37. The molecule has 37 heavy (non-hydrogen) atoms. The molecule has 7 heteroatoms. The van der Waals surface area contributed by atoms with Crippen LogP contribution in [-0.2, 0) is 16.0 Å². The number of para-hydroxylation sites is 1. The van der Waals surface area contributed by atoms with Gasteiger partial charge in [-0.2, -0.15) is 0 Å². The maximum atomic E-state index is 11.6. The minimum absolute atomic E-state index is 0.209. The third-order valence-electron chi connectivity index (χ3n) is 6.23. The minimum Gasteiger partial charge on any atom is -0.497 e. The van der Waals surface area contributed by atoms with E-state index in [9.17, 15) is 4.79 Å². The molecule has 5 rings (SSSR count). The molecule has 0 fully saturated rings. The summed E-state index contributed by atoms with van der Waals surface area (Å²) in [7, 11) is 3.06. The summed E-state index contributed by atoms with van der Waals surface area (Å²) in [6, 6.07) is 25.9. The first-order valence-electron chi connectivity index (χ1n) is 12.1. The Bertz CT molecular complexity index is 1510. The number of hydrogen-bond acceptors (Lipinski definition) is 7. The van der Waals surface area contributed by atoms with E-state index < -0.39 is 0 Å². The normalized spacial score (nSPS) is 10.9. The Morgan fingerprint density at radius 2 is 1.65 bits per heavy atom. The molecular formula is C30H27N3O4. The van der Waals surface area contributed by atoms with E-state index in [2.05, 4.69) is 15.3 Å². The van der Waals surface area contributed by atoms with E-state index >= 15 is 0 Å². The molecular weight excluding hydrogens is 466 g/mol. The largest absolute Gasteiger partial charge is 0.497 e. The van der Waals surface area contributed by atoms with Crippen molar-refractivity contribution in [2.75, 3.05) is 19.5 Å². The number of ether oxygens (including phenoxy) is 2. The number of hydrogen-bond donors (Lipinski definition) is 1. The summed E-state index contributed by atoms with van der Waals surface area (Å²) in [5.41, 5.74) is 5.29. The van der Waals surface area contributed by atoms with E-state index in [0.717, 1.165) is 51.3 Å². The van der Waals surface area contributed by atoms with Gasteiger partial charge in [0.2, 0.25) is 5.71 Å². The summed E-state index contributed by atoms with van der Waals surface area (Å²) >= 11 is 0. The van der Waals surface area contributed by atoms with Crippen LogP contribution in [0.3, 0.4) is 0 Å². The average Bonchev–Trinajstić information content (AvgIpc) is 3.35. The molecule has 0 saturated carbocycles. The summed E-state index contributed by atoms with van der Waals surface area (Å²) < 4.78 is 16.5. The molecule has 0 aliphatic heterocycles. The lowest BCUT2D eigenvalue weighted by Gasteiger charge is -2.13. The van der Waals surface area contributed by atoms with Gasteiger partial charge in [-0.1, -0.05) is 60.7 Å². The number of aryl methyl sites for hydroxylation is 1. The van der Waals surface area contributed by atoms with Crippen LogP contribution in [0.5, 0.6) is 5.75 Å². The van der Waals surface area contributed by atoms with Crippen LogP contribution in [-0.4, -0.2) is 30.2 Å². The quantitative estimate of drug-likeness (QED) is 0.226. The number of fused-ring (bicyclic) bond motifs is 1. The van der Waals surface area contributed by atoms with Gasteiger partial charge in [0.25, 0.3) is 0 Å². The molecule has 1 N–H and O–H groups in total. The van der Waals surface area contributed by atoms with Crippen molar-refractivity contribution in [3.8, 4) is 28.2 Å². The molecule has 0 atom stereocenters. The van der Waals surface area contributed by atoms with Crippen LogP contribution in [0.25, 0.3) is 33.6 Å². The van der Waals surface area contributed by atoms with Crippen molar-refractivity contribution < 1.29 is 18.7 Å². The summed E-state index contributed by atoms with van der Waals surface area (Å²) in [6.45, 7) is 0. The van der Waals surface area contributed by atoms with E-state index in [4.69, 9.17) is 13.9 Å². The molecule has 0 bridgehead atoms. The van der Waals surface area contributed by atoms with Crippen LogP contribution < -0.4 is 10.1 Å². The van der Waals surface area contributed by atoms with Crippen molar-refractivity contribution in [2.45, 2.75) is 19.3 Å². The Morgan fingerprint density at radius 3 is 2.41 bits per heavy atom. The molecule has 0 unspecified atom stereocenters. The molecule has 5 aromatic rings. The van der Waals surface area contributed by atoms with E-state index in [1.54, 1.807) is 7.11 Å². The van der Waals surface area contributed by atoms with Gasteiger partial charge in [-0.3, -0.25) is 4.79 Å². The van der Waals surface area contributed by atoms with E-state index in [-0.39, 0.29) is 5.97 Å². The Morgan fingerprint density at radius 1 is 0.892 bits per heavy atom. The summed E-state index contributed by atoms with van der Waals surface area (Å²) in [5, 5.41) is 4.30. The molecule has 2 heterocycles. The molecule has 0 aliphatic rings. The van der Waals surface area contributed by atoms with Gasteiger partial charge in [-0.05, 0) is 42.2 Å². The standard InChI is InChI=1S/C30H27N3O4/c1-35-23-17-15-21(16-18-23)26-27-29(31-19-32-30(27)37-28(26)22-10-4-3-5-11-22)33-24-13-7-6-9-20(24)12-8-14-25(34)36-2/h3-7,9-11,13,15-19H,8,12,14H2,1-2H3,(H,31,32,33). The Kier molecular flexibility index (Phi) is 7.12. The van der Waals surface area contributed by atoms with Crippen LogP contribution in [0.15, 0.2) is 89.6 Å². The number of esters is 1. The highest BCUT2D eigenvalue weighted by Crippen LogP contribution is 2.43. The third kappa shape index (κ3) is 5.16. The summed E-state index contributed by atoms with van der Waals surface area (Å²) in [5.74, 6) is 1.92. The van der Waals surface area contributed by atoms with Crippen molar-refractivity contribution in [3.63, 3.8) is 0 Å². The fourth-order valence-electron chi connectivity index (χ4n) is 4.37. The second-order valence-electron chi connectivity index (χ2n) is 8.51. The van der Waals surface area contributed by atoms with Crippen LogP contribution in [0.4, 0.5) is 11.5 Å². The van der Waals surface area contributed by atoms with Crippen LogP contribution >= 0.6 is 0 Å². The first-order chi connectivity index (χ1) is 18.2. The van der Waals surface area contributed by atoms with Crippen LogP contribution in [0.1, 0.15) is 18.4 Å². The van der Waals surface area contributed by atoms with Crippen molar-refractivity contribution in [1.29, 1.82) is 0 Å². The predicted molar refractivity (Wildman–Crippen MR) is 144 cm³/mol. The van der Waals surface area contributed by atoms with Gasteiger partial charge < -0.3 is 19.2 Å². The van der Waals surface area contributed by atoms with E-state index in [1.165, 1.54) is 13.4 Å². The smallest absolute Gasteiger partial charge is 0.305 e. The highest BCUT2D eigenvalue weighted by atomic mass is 16.5. The highest BCUT2D eigenvalue weighted by Gasteiger charge is 2.22. The number of furan rings is 1. The predicted octanol–water partition coefficient (Wildman–Crippen LogP) is 6.80. The zero-order chi connectivity index (χ0) is 25.6. The number of nitrogens with one attached hydrogen (secondary N) is 1. The topological polar surface area (TPSA) is 86.5 Å². The average molecular weight is 494 g/mol. The minimum atomic E-state index is -0.209. The number of benzene rings is 3. The van der Waals surface area contributed by atoms with Gasteiger partial charge in [-0.15, -0.1) is 0 Å². The molecule has 0 amide bonds. The van der Waals surface area contributed by atoms with Crippen molar-refractivity contribution in [1.82, 2.24) is 9.97 Å². The van der Waals surface area contributed by atoms with E-state index in [1.807, 2.05) is 78.9 Å². The SMILES string of the molecule is COC(=O)CCCc1ccccc1Nc1ncnc2oc(-c3ccccc3)c(-c3ccc(OC)cc3)c12. The third-order valence-corrected chi connectivity index (χ3v) is 6.23. The zero-order valence-corrected chi connectivity index (χ0v) is 20.7. The molecule has 0 spiro atoms. The second-order valence-corrected chi connectivity index (χ2v) is 8.51. The highest BCUT2D eigenvalue weighted by molar-refractivity contribution is 6.06. The molecule has 0 radical (unpaired) electrons. The number of nitrogens with zero attached hydrogens (tertiary/aromatic N) is 2. The monoisotopic (exact) mass is 493 g/mol. The molecule has 2 aromatic heterocycles. The molecule has 3 aromatic carbocycles. The van der Waals surface area contributed by atoms with Gasteiger partial charge in [0.15, 0.2) is 0 Å². The van der Waals surface area contributed by atoms with Gasteiger partial charge in [0, 0.05) is 23.2 Å². The van der Waals surface area contributed by atoms with Gasteiger partial charge in [0.1, 0.15) is 23.7 Å². The second kappa shape index (κ2) is 11.0. The van der Waals surface area contributed by atoms with Gasteiger partial charge in [0.05, 0.1) is 19.6 Å². The lowest BCUT2D eigenvalue weighted by atomic mass is 9.99. The number of rotatable bonds is 9. The number of carbonyl (C=O) groups is 1. The zero-order valence-electron chi connectivity index (χ0n) is 20.7. The fraction of sp³-hybridized carbons (Fsp3) is 0.167. The summed E-state index contributed by atoms with van der Waals surface area (Å²) in [6.07, 6.45) is 3.27. The Hall–Kier alpha value is -4.65. The van der Waals surface area contributed by atoms with Crippen molar-refractivity contribution in [3.05, 3.63) is 90.8 Å². The van der Waals surface area contributed by atoms with Crippen LogP contribution in [0, 0.1) is 0 Å². The Balaban J connectivity index is 1.60. The number of anilines is 2. The molecule has 0 saturated heterocycles. The summed E-state index contributed by atoms with van der Waals surface area (Å²) in [4.78, 5) is 20.7. The molecule has 7 nitrogen and oxygen atoms in total. The van der Waals surface area contributed by atoms with Crippen molar-refractivity contribution in [2.24, 2.45) is 0 Å². The lowest BCUT2D eigenvalue weighted by molar-refractivity contribution is -0.140. The van der Waals surface area contributed by atoms with Gasteiger partial charge >= 0.3 is 5.97 Å². The molecule has 186 valence electrons. The Labute approximate surface area is 215 Å². The van der Waals surface area contributed by atoms with Crippen molar-refractivity contribution >= 4 is 28.6 Å². The van der Waals surface area contributed by atoms with E-state index in [0.29, 0.717) is 24.4 Å². The number of aromatic nitrogens is 2. The first-order valence-corrected chi connectivity index (χ1v) is 12.1. The molecule has 0 aliphatic carbocycles. The maximum Gasteiger partial charge on any atom is 0.305 e.